The molecule has 0 radical (unpaired) electrons. The topological polar surface area (TPSA) is 41.1 Å². The number of nitrogens with zero attached hydrogens (tertiary/aromatic N) is 3. The van der Waals surface area contributed by atoms with Crippen LogP contribution < -0.4 is 0 Å². The second-order valence-corrected chi connectivity index (χ2v) is 3.83. The summed E-state index contributed by atoms with van der Waals surface area (Å²) in [5.41, 5.74) is 2.89. The SMILES string of the molecule is N#Cc1ccc(Cl)n2c1nc1ccccc12. The van der Waals surface area contributed by atoms with Crippen LogP contribution in [0.1, 0.15) is 5.56 Å². The van der Waals surface area contributed by atoms with Gasteiger partial charge in [-0.1, -0.05) is 23.7 Å². The quantitative estimate of drug-likeness (QED) is 0.554. The Labute approximate surface area is 96.5 Å². The van der Waals surface area contributed by atoms with Gasteiger partial charge < -0.3 is 0 Å². The van der Waals surface area contributed by atoms with Gasteiger partial charge in [-0.3, -0.25) is 4.40 Å². The highest BCUT2D eigenvalue weighted by atomic mass is 35.5. The maximum Gasteiger partial charge on any atom is 0.157 e. The molecular formula is C12H6ClN3. The van der Waals surface area contributed by atoms with Gasteiger partial charge in [0.2, 0.25) is 0 Å². The predicted molar refractivity (Wildman–Crippen MR) is 62.4 cm³/mol. The third-order valence-corrected chi connectivity index (χ3v) is 2.82. The number of fused-ring (bicyclic) bond motifs is 3. The first-order valence-corrected chi connectivity index (χ1v) is 5.15. The zero-order chi connectivity index (χ0) is 11.1. The minimum Gasteiger partial charge on any atom is -0.282 e. The number of aromatic nitrogens is 2. The van der Waals surface area contributed by atoms with E-state index in [9.17, 15) is 0 Å². The number of halogens is 1. The first-order valence-electron chi connectivity index (χ1n) is 4.77. The van der Waals surface area contributed by atoms with Gasteiger partial charge in [-0.05, 0) is 24.3 Å². The third kappa shape index (κ3) is 1.11. The fraction of sp³-hybridized carbons (Fsp3) is 0. The number of pyridine rings is 1. The second-order valence-electron chi connectivity index (χ2n) is 3.44. The van der Waals surface area contributed by atoms with Crippen LogP contribution in [0.25, 0.3) is 16.7 Å². The van der Waals surface area contributed by atoms with E-state index in [0.29, 0.717) is 16.4 Å². The molecule has 4 heteroatoms. The van der Waals surface area contributed by atoms with Crippen LogP contribution in [0.3, 0.4) is 0 Å². The van der Waals surface area contributed by atoms with Crippen molar-refractivity contribution >= 4 is 28.3 Å². The van der Waals surface area contributed by atoms with Gasteiger partial charge in [0.25, 0.3) is 0 Å². The Morgan fingerprint density at radius 2 is 2.00 bits per heavy atom. The molecule has 0 unspecified atom stereocenters. The number of hydrogen-bond donors (Lipinski definition) is 0. The van der Waals surface area contributed by atoms with Crippen LogP contribution in [0.15, 0.2) is 36.4 Å². The average molecular weight is 228 g/mol. The smallest absolute Gasteiger partial charge is 0.157 e. The van der Waals surface area contributed by atoms with Crippen LogP contribution in [0, 0.1) is 11.3 Å². The highest BCUT2D eigenvalue weighted by molar-refractivity contribution is 6.30. The molecule has 0 N–H and O–H groups in total. The Balaban J connectivity index is 2.64. The molecule has 0 atom stereocenters. The molecule has 76 valence electrons. The Morgan fingerprint density at radius 1 is 1.19 bits per heavy atom. The second kappa shape index (κ2) is 3.22. The van der Waals surface area contributed by atoms with Gasteiger partial charge in [0.05, 0.1) is 16.6 Å². The highest BCUT2D eigenvalue weighted by Crippen LogP contribution is 2.23. The molecule has 2 aromatic heterocycles. The number of imidazole rings is 1. The van der Waals surface area contributed by atoms with E-state index in [0.717, 1.165) is 11.0 Å². The standard InChI is InChI=1S/C12H6ClN3/c13-11-6-5-8(7-14)12-15-9-3-1-2-4-10(9)16(11)12/h1-6H. The molecule has 0 aliphatic carbocycles. The van der Waals surface area contributed by atoms with E-state index in [1.807, 2.05) is 24.3 Å². The van der Waals surface area contributed by atoms with E-state index in [2.05, 4.69) is 11.1 Å². The maximum atomic E-state index is 9.01. The van der Waals surface area contributed by atoms with Gasteiger partial charge >= 0.3 is 0 Å². The fourth-order valence-electron chi connectivity index (χ4n) is 1.81. The van der Waals surface area contributed by atoms with Crippen LogP contribution in [0.4, 0.5) is 0 Å². The van der Waals surface area contributed by atoms with E-state index in [1.165, 1.54) is 0 Å². The molecule has 1 aromatic carbocycles. The molecule has 0 amide bonds. The number of hydrogen-bond acceptors (Lipinski definition) is 2. The van der Waals surface area contributed by atoms with E-state index >= 15 is 0 Å². The van der Waals surface area contributed by atoms with Crippen molar-refractivity contribution < 1.29 is 0 Å². The van der Waals surface area contributed by atoms with E-state index in [4.69, 9.17) is 16.9 Å². The molecule has 0 saturated heterocycles. The summed E-state index contributed by atoms with van der Waals surface area (Å²) in [5.74, 6) is 0. The Kier molecular flexibility index (Phi) is 1.85. The van der Waals surface area contributed by atoms with Gasteiger partial charge in [0.15, 0.2) is 5.65 Å². The molecular weight excluding hydrogens is 222 g/mol. The number of nitriles is 1. The molecule has 0 fully saturated rings. The Hall–Kier alpha value is -2.05. The summed E-state index contributed by atoms with van der Waals surface area (Å²) in [6.07, 6.45) is 0. The van der Waals surface area contributed by atoms with Crippen molar-refractivity contribution in [2.75, 3.05) is 0 Å². The third-order valence-electron chi connectivity index (χ3n) is 2.52. The minimum absolute atomic E-state index is 0.528. The molecule has 0 aliphatic heterocycles. The minimum atomic E-state index is 0.528. The van der Waals surface area contributed by atoms with Crippen molar-refractivity contribution in [3.05, 3.63) is 47.1 Å². The summed E-state index contributed by atoms with van der Waals surface area (Å²) in [5, 5.41) is 9.56. The van der Waals surface area contributed by atoms with Crippen molar-refractivity contribution in [2.24, 2.45) is 0 Å². The van der Waals surface area contributed by atoms with Crippen LogP contribution >= 0.6 is 11.6 Å². The van der Waals surface area contributed by atoms with Crippen molar-refractivity contribution in [3.63, 3.8) is 0 Å². The molecule has 3 rings (SSSR count). The van der Waals surface area contributed by atoms with E-state index < -0.39 is 0 Å². The number of para-hydroxylation sites is 2. The number of rotatable bonds is 0. The normalized spacial score (nSPS) is 10.8. The van der Waals surface area contributed by atoms with Crippen molar-refractivity contribution in [2.45, 2.75) is 0 Å². The highest BCUT2D eigenvalue weighted by Gasteiger charge is 2.10. The molecule has 0 spiro atoms. The lowest BCUT2D eigenvalue weighted by molar-refractivity contribution is 1.21. The van der Waals surface area contributed by atoms with Crippen LogP contribution in [-0.2, 0) is 0 Å². The van der Waals surface area contributed by atoms with Crippen molar-refractivity contribution in [1.82, 2.24) is 9.38 Å². The lowest BCUT2D eigenvalue weighted by Gasteiger charge is -1.99. The van der Waals surface area contributed by atoms with Gasteiger partial charge in [0, 0.05) is 0 Å². The summed E-state index contributed by atoms with van der Waals surface area (Å²) in [6.45, 7) is 0. The molecule has 0 bridgehead atoms. The summed E-state index contributed by atoms with van der Waals surface area (Å²) in [7, 11) is 0. The van der Waals surface area contributed by atoms with Crippen LogP contribution in [0.5, 0.6) is 0 Å². The Morgan fingerprint density at radius 3 is 2.81 bits per heavy atom. The zero-order valence-corrected chi connectivity index (χ0v) is 8.94. The van der Waals surface area contributed by atoms with Gasteiger partial charge in [0.1, 0.15) is 11.2 Å². The molecule has 0 saturated carbocycles. The van der Waals surface area contributed by atoms with Crippen LogP contribution in [0.2, 0.25) is 5.15 Å². The van der Waals surface area contributed by atoms with Crippen molar-refractivity contribution in [1.29, 1.82) is 5.26 Å². The molecule has 0 aliphatic rings. The van der Waals surface area contributed by atoms with E-state index in [1.54, 1.807) is 16.5 Å². The predicted octanol–water partition coefficient (Wildman–Crippen LogP) is 3.01. The molecule has 16 heavy (non-hydrogen) atoms. The van der Waals surface area contributed by atoms with Gasteiger partial charge in [-0.2, -0.15) is 5.26 Å². The summed E-state index contributed by atoms with van der Waals surface area (Å²) in [4.78, 5) is 4.40. The maximum absolute atomic E-state index is 9.01. The zero-order valence-electron chi connectivity index (χ0n) is 8.18. The fourth-order valence-corrected chi connectivity index (χ4v) is 2.05. The van der Waals surface area contributed by atoms with Crippen LogP contribution in [-0.4, -0.2) is 9.38 Å². The summed E-state index contributed by atoms with van der Waals surface area (Å²) < 4.78 is 1.79. The van der Waals surface area contributed by atoms with Crippen molar-refractivity contribution in [3.8, 4) is 6.07 Å². The van der Waals surface area contributed by atoms with Gasteiger partial charge in [-0.15, -0.1) is 0 Å². The lowest BCUT2D eigenvalue weighted by Crippen LogP contribution is -1.89. The number of benzene rings is 1. The first-order chi connectivity index (χ1) is 7.81. The lowest BCUT2D eigenvalue weighted by atomic mass is 10.3. The summed E-state index contributed by atoms with van der Waals surface area (Å²) >= 11 is 6.12. The largest absolute Gasteiger partial charge is 0.282 e. The first kappa shape index (κ1) is 9.20. The molecule has 3 nitrogen and oxygen atoms in total. The van der Waals surface area contributed by atoms with Gasteiger partial charge in [-0.25, -0.2) is 4.98 Å². The monoisotopic (exact) mass is 227 g/mol. The molecule has 3 aromatic rings. The summed E-state index contributed by atoms with van der Waals surface area (Å²) in [6, 6.07) is 13.2. The van der Waals surface area contributed by atoms with E-state index in [-0.39, 0.29) is 0 Å². The average Bonchev–Trinajstić information content (AvgIpc) is 2.69. The Bertz CT molecular complexity index is 737. The molecule has 2 heterocycles.